The van der Waals surface area contributed by atoms with Crippen molar-refractivity contribution in [3.05, 3.63) is 18.2 Å². The smallest absolute Gasteiger partial charge is 0.244 e. The first-order valence-corrected chi connectivity index (χ1v) is 8.33. The van der Waals surface area contributed by atoms with Gasteiger partial charge in [0, 0.05) is 32.9 Å². The summed E-state index contributed by atoms with van der Waals surface area (Å²) in [6.07, 6.45) is 2.18. The van der Waals surface area contributed by atoms with Gasteiger partial charge in [0.15, 0.2) is 0 Å². The molecule has 1 saturated heterocycles. The molecule has 0 unspecified atom stereocenters. The third kappa shape index (κ3) is 2.91. The van der Waals surface area contributed by atoms with Crippen molar-refractivity contribution in [3.63, 3.8) is 0 Å². The minimum atomic E-state index is -3.48. The second kappa shape index (κ2) is 5.61. The third-order valence-corrected chi connectivity index (χ3v) is 5.71. The van der Waals surface area contributed by atoms with E-state index in [1.807, 2.05) is 6.07 Å². The lowest BCUT2D eigenvalue weighted by molar-refractivity contribution is 0.436. The molecular formula is C14H23N3O2S. The highest BCUT2D eigenvalue weighted by molar-refractivity contribution is 7.89. The predicted octanol–water partition coefficient (Wildman–Crippen LogP) is 1.76. The van der Waals surface area contributed by atoms with Crippen LogP contribution in [0.15, 0.2) is 23.1 Å². The van der Waals surface area contributed by atoms with Crippen molar-refractivity contribution in [2.75, 3.05) is 37.8 Å². The van der Waals surface area contributed by atoms with Gasteiger partial charge in [-0.2, -0.15) is 0 Å². The average Bonchev–Trinajstić information content (AvgIpc) is 2.39. The number of nitrogen functional groups attached to an aromatic ring is 1. The summed E-state index contributed by atoms with van der Waals surface area (Å²) in [4.78, 5) is 2.45. The van der Waals surface area contributed by atoms with E-state index < -0.39 is 10.0 Å². The Morgan fingerprint density at radius 2 is 1.85 bits per heavy atom. The van der Waals surface area contributed by atoms with Crippen molar-refractivity contribution >= 4 is 21.4 Å². The van der Waals surface area contributed by atoms with Gasteiger partial charge < -0.3 is 10.6 Å². The highest BCUT2D eigenvalue weighted by atomic mass is 32.2. The zero-order chi connectivity index (χ0) is 14.9. The van der Waals surface area contributed by atoms with E-state index in [0.717, 1.165) is 31.6 Å². The van der Waals surface area contributed by atoms with E-state index in [2.05, 4.69) is 11.8 Å². The second-order valence-electron chi connectivity index (χ2n) is 5.68. The van der Waals surface area contributed by atoms with Gasteiger partial charge in [0.1, 0.15) is 4.90 Å². The normalized spacial score (nSPS) is 17.7. The van der Waals surface area contributed by atoms with Crippen molar-refractivity contribution in [1.82, 2.24) is 4.31 Å². The zero-order valence-corrected chi connectivity index (χ0v) is 13.2. The molecule has 112 valence electrons. The van der Waals surface area contributed by atoms with E-state index in [1.54, 1.807) is 26.2 Å². The van der Waals surface area contributed by atoms with Gasteiger partial charge in [-0.05, 0) is 37.0 Å². The summed E-state index contributed by atoms with van der Waals surface area (Å²) in [5.41, 5.74) is 7.01. The predicted molar refractivity (Wildman–Crippen MR) is 82.3 cm³/mol. The van der Waals surface area contributed by atoms with Crippen LogP contribution in [0.2, 0.25) is 0 Å². The van der Waals surface area contributed by atoms with Crippen molar-refractivity contribution in [3.8, 4) is 0 Å². The fourth-order valence-electron chi connectivity index (χ4n) is 2.44. The molecule has 0 aromatic heterocycles. The molecule has 0 spiro atoms. The molecule has 0 bridgehead atoms. The molecule has 2 N–H and O–H groups in total. The Hall–Kier alpha value is -1.27. The quantitative estimate of drug-likeness (QED) is 0.863. The number of anilines is 2. The molecule has 0 atom stereocenters. The molecule has 0 radical (unpaired) electrons. The Morgan fingerprint density at radius 3 is 2.40 bits per heavy atom. The van der Waals surface area contributed by atoms with Crippen LogP contribution < -0.4 is 10.6 Å². The lowest BCUT2D eigenvalue weighted by atomic mass is 9.99. The summed E-state index contributed by atoms with van der Waals surface area (Å²) in [5.74, 6) is 0.703. The molecule has 20 heavy (non-hydrogen) atoms. The summed E-state index contributed by atoms with van der Waals surface area (Å²) in [7, 11) is -0.397. The maximum absolute atomic E-state index is 12.5. The molecule has 6 heteroatoms. The first-order chi connectivity index (χ1) is 9.32. The zero-order valence-electron chi connectivity index (χ0n) is 12.3. The van der Waals surface area contributed by atoms with Crippen LogP contribution in [0.25, 0.3) is 0 Å². The van der Waals surface area contributed by atoms with Crippen LogP contribution in [0.1, 0.15) is 19.8 Å². The lowest BCUT2D eigenvalue weighted by Gasteiger charge is -2.33. The van der Waals surface area contributed by atoms with Crippen LogP contribution >= 0.6 is 0 Å². The van der Waals surface area contributed by atoms with Gasteiger partial charge in [-0.1, -0.05) is 6.92 Å². The number of hydrogen-bond donors (Lipinski definition) is 1. The maximum Gasteiger partial charge on any atom is 0.244 e. The molecule has 0 saturated carbocycles. The van der Waals surface area contributed by atoms with Crippen LogP contribution in [-0.2, 0) is 10.0 Å². The Morgan fingerprint density at radius 1 is 1.25 bits per heavy atom. The maximum atomic E-state index is 12.5. The largest absolute Gasteiger partial charge is 0.399 e. The number of rotatable bonds is 3. The fourth-order valence-corrected chi connectivity index (χ4v) is 3.58. The molecule has 1 aromatic rings. The Labute approximate surface area is 121 Å². The Kier molecular flexibility index (Phi) is 4.25. The van der Waals surface area contributed by atoms with E-state index in [0.29, 0.717) is 16.5 Å². The number of benzene rings is 1. The van der Waals surface area contributed by atoms with Gasteiger partial charge >= 0.3 is 0 Å². The molecule has 2 rings (SSSR count). The average molecular weight is 297 g/mol. The highest BCUT2D eigenvalue weighted by Gasteiger charge is 2.26. The topological polar surface area (TPSA) is 66.6 Å². The summed E-state index contributed by atoms with van der Waals surface area (Å²) < 4.78 is 26.1. The standard InChI is InChI=1S/C14H23N3O2S/c1-11-6-8-17(9-7-11)13-5-4-12(15)10-14(13)20(18,19)16(2)3/h4-5,10-11H,6-9,15H2,1-3H3. The molecule has 1 aromatic carbocycles. The number of sulfonamides is 1. The van der Waals surface area contributed by atoms with Crippen LogP contribution in [0.5, 0.6) is 0 Å². The van der Waals surface area contributed by atoms with Gasteiger partial charge in [0.05, 0.1) is 5.69 Å². The van der Waals surface area contributed by atoms with Crippen molar-refractivity contribution < 1.29 is 8.42 Å². The van der Waals surface area contributed by atoms with Gasteiger partial charge in [0.25, 0.3) is 0 Å². The van der Waals surface area contributed by atoms with Crippen molar-refractivity contribution in [2.45, 2.75) is 24.7 Å². The number of nitrogens with two attached hydrogens (primary N) is 1. The Balaban J connectivity index is 2.44. The van der Waals surface area contributed by atoms with Gasteiger partial charge in [0.2, 0.25) is 10.0 Å². The minimum Gasteiger partial charge on any atom is -0.399 e. The molecule has 1 aliphatic heterocycles. The van der Waals surface area contributed by atoms with E-state index in [1.165, 1.54) is 4.31 Å². The van der Waals surface area contributed by atoms with E-state index in [9.17, 15) is 8.42 Å². The summed E-state index contributed by atoms with van der Waals surface area (Å²) in [6, 6.07) is 5.15. The monoisotopic (exact) mass is 297 g/mol. The van der Waals surface area contributed by atoms with Crippen LogP contribution in [0, 0.1) is 5.92 Å². The highest BCUT2D eigenvalue weighted by Crippen LogP contribution is 2.31. The second-order valence-corrected chi connectivity index (χ2v) is 7.80. The van der Waals surface area contributed by atoms with E-state index >= 15 is 0 Å². The van der Waals surface area contributed by atoms with Crippen molar-refractivity contribution in [1.29, 1.82) is 0 Å². The molecule has 5 nitrogen and oxygen atoms in total. The van der Waals surface area contributed by atoms with E-state index in [4.69, 9.17) is 5.73 Å². The van der Waals surface area contributed by atoms with Gasteiger partial charge in [-0.15, -0.1) is 0 Å². The molecule has 1 heterocycles. The van der Waals surface area contributed by atoms with Crippen LogP contribution in [0.4, 0.5) is 11.4 Å². The molecule has 1 aliphatic rings. The molecule has 1 fully saturated rings. The van der Waals surface area contributed by atoms with Crippen LogP contribution in [-0.4, -0.2) is 39.9 Å². The summed E-state index contributed by atoms with van der Waals surface area (Å²) >= 11 is 0. The van der Waals surface area contributed by atoms with Crippen LogP contribution in [0.3, 0.4) is 0 Å². The molecular weight excluding hydrogens is 274 g/mol. The third-order valence-electron chi connectivity index (χ3n) is 3.87. The first-order valence-electron chi connectivity index (χ1n) is 6.89. The number of nitrogens with zero attached hydrogens (tertiary/aromatic N) is 2. The number of hydrogen-bond acceptors (Lipinski definition) is 4. The van der Waals surface area contributed by atoms with Crippen molar-refractivity contribution in [2.24, 2.45) is 5.92 Å². The molecule has 0 aliphatic carbocycles. The van der Waals surface area contributed by atoms with E-state index in [-0.39, 0.29) is 0 Å². The molecule has 0 amide bonds. The van der Waals surface area contributed by atoms with Gasteiger partial charge in [-0.3, -0.25) is 0 Å². The SMILES string of the molecule is CC1CCN(c2ccc(N)cc2S(=O)(=O)N(C)C)CC1. The Bertz CT molecular complexity index is 576. The summed E-state index contributed by atoms with van der Waals surface area (Å²) in [5, 5.41) is 0. The van der Waals surface area contributed by atoms with Gasteiger partial charge in [-0.25, -0.2) is 12.7 Å². The minimum absolute atomic E-state index is 0.303. The number of piperidine rings is 1. The summed E-state index contributed by atoms with van der Waals surface area (Å²) in [6.45, 7) is 4.01. The first kappa shape index (κ1) is 15.1. The fraction of sp³-hybridized carbons (Fsp3) is 0.571. The lowest BCUT2D eigenvalue weighted by Crippen LogP contribution is -2.34.